The van der Waals surface area contributed by atoms with E-state index in [-0.39, 0.29) is 5.91 Å². The SMILES string of the molecule is CN1CCC(N(C)c2ccc(NC=C3C(=O)NC(=O)c4ccc(Br)cc43)cc2)C1. The topological polar surface area (TPSA) is 64.7 Å². The second kappa shape index (κ2) is 8.00. The van der Waals surface area contributed by atoms with Crippen LogP contribution in [0.25, 0.3) is 5.57 Å². The Bertz CT molecular complexity index is 987. The van der Waals surface area contributed by atoms with E-state index in [9.17, 15) is 9.59 Å². The monoisotopic (exact) mass is 454 g/mol. The van der Waals surface area contributed by atoms with E-state index in [4.69, 9.17) is 0 Å². The highest BCUT2D eigenvalue weighted by Crippen LogP contribution is 2.28. The molecule has 150 valence electrons. The number of anilines is 2. The predicted molar refractivity (Wildman–Crippen MR) is 119 cm³/mol. The van der Waals surface area contributed by atoms with E-state index in [0.717, 1.165) is 23.2 Å². The molecule has 2 N–H and O–H groups in total. The van der Waals surface area contributed by atoms with E-state index in [2.05, 4.69) is 62.6 Å². The summed E-state index contributed by atoms with van der Waals surface area (Å²) in [6.07, 6.45) is 2.82. The Labute approximate surface area is 178 Å². The molecule has 2 aliphatic heterocycles. The Kier molecular flexibility index (Phi) is 5.43. The van der Waals surface area contributed by atoms with Crippen LogP contribution >= 0.6 is 15.9 Å². The first kappa shape index (κ1) is 19.7. The van der Waals surface area contributed by atoms with E-state index >= 15 is 0 Å². The number of carbonyl (C=O) groups is 2. The molecule has 1 fully saturated rings. The lowest BCUT2D eigenvalue weighted by Crippen LogP contribution is -2.36. The van der Waals surface area contributed by atoms with Gasteiger partial charge in [-0.05, 0) is 62.5 Å². The number of nitrogens with zero attached hydrogens (tertiary/aromatic N) is 2. The Hall–Kier alpha value is -2.64. The van der Waals surface area contributed by atoms with Gasteiger partial charge in [0.25, 0.3) is 11.8 Å². The molecule has 7 heteroatoms. The summed E-state index contributed by atoms with van der Waals surface area (Å²) in [4.78, 5) is 29.1. The molecule has 2 amide bonds. The van der Waals surface area contributed by atoms with Gasteiger partial charge >= 0.3 is 0 Å². The van der Waals surface area contributed by atoms with Crippen molar-refractivity contribution in [2.45, 2.75) is 12.5 Å². The zero-order chi connectivity index (χ0) is 20.5. The summed E-state index contributed by atoms with van der Waals surface area (Å²) >= 11 is 3.41. The molecule has 1 unspecified atom stereocenters. The van der Waals surface area contributed by atoms with Crippen molar-refractivity contribution in [1.82, 2.24) is 10.2 Å². The van der Waals surface area contributed by atoms with Gasteiger partial charge in [0.15, 0.2) is 0 Å². The lowest BCUT2D eigenvalue weighted by Gasteiger charge is -2.26. The van der Waals surface area contributed by atoms with Crippen molar-refractivity contribution in [3.05, 3.63) is 64.3 Å². The first-order valence-electron chi connectivity index (χ1n) is 9.56. The Morgan fingerprint density at radius 1 is 1.14 bits per heavy atom. The third-order valence-corrected chi connectivity index (χ3v) is 6.05. The lowest BCUT2D eigenvalue weighted by atomic mass is 9.95. The average Bonchev–Trinajstić information content (AvgIpc) is 3.14. The summed E-state index contributed by atoms with van der Waals surface area (Å²) in [5.74, 6) is -0.783. The van der Waals surface area contributed by atoms with Crippen molar-refractivity contribution < 1.29 is 9.59 Å². The summed E-state index contributed by atoms with van der Waals surface area (Å²) in [5, 5.41) is 5.57. The van der Waals surface area contributed by atoms with Crippen LogP contribution in [0.15, 0.2) is 53.1 Å². The smallest absolute Gasteiger partial charge is 0.260 e. The summed E-state index contributed by atoms with van der Waals surface area (Å²) in [6.45, 7) is 2.20. The van der Waals surface area contributed by atoms with E-state index in [1.165, 1.54) is 12.1 Å². The number of rotatable bonds is 4. The molecule has 0 aliphatic carbocycles. The number of hydrogen-bond acceptors (Lipinski definition) is 5. The minimum absolute atomic E-state index is 0.375. The molecule has 29 heavy (non-hydrogen) atoms. The van der Waals surface area contributed by atoms with E-state index in [1.54, 1.807) is 24.4 Å². The van der Waals surface area contributed by atoms with Crippen molar-refractivity contribution >= 4 is 44.7 Å². The first-order chi connectivity index (χ1) is 13.9. The first-order valence-corrected chi connectivity index (χ1v) is 10.4. The number of imide groups is 1. The molecule has 0 aromatic heterocycles. The van der Waals surface area contributed by atoms with Crippen LogP contribution in [0.3, 0.4) is 0 Å². The van der Waals surface area contributed by atoms with Crippen LogP contribution in [0.1, 0.15) is 22.3 Å². The van der Waals surface area contributed by atoms with Crippen LogP contribution in [0.4, 0.5) is 11.4 Å². The third-order valence-electron chi connectivity index (χ3n) is 5.56. The predicted octanol–water partition coefficient (Wildman–Crippen LogP) is 3.31. The number of amides is 2. The zero-order valence-corrected chi connectivity index (χ0v) is 18.0. The van der Waals surface area contributed by atoms with Gasteiger partial charge < -0.3 is 15.1 Å². The largest absolute Gasteiger partial charge is 0.370 e. The molecule has 0 saturated carbocycles. The quantitative estimate of drug-likeness (QED) is 0.547. The number of fused-ring (bicyclic) bond motifs is 1. The molecule has 0 radical (unpaired) electrons. The molecule has 2 heterocycles. The number of halogens is 1. The minimum Gasteiger partial charge on any atom is -0.370 e. The van der Waals surface area contributed by atoms with Crippen LogP contribution in [-0.2, 0) is 4.79 Å². The highest BCUT2D eigenvalue weighted by molar-refractivity contribution is 9.10. The maximum absolute atomic E-state index is 12.4. The van der Waals surface area contributed by atoms with E-state index < -0.39 is 5.91 Å². The van der Waals surface area contributed by atoms with Crippen molar-refractivity contribution in [2.24, 2.45) is 0 Å². The molecule has 1 atom stereocenters. The molecule has 2 aromatic rings. The van der Waals surface area contributed by atoms with Crippen LogP contribution in [0.2, 0.25) is 0 Å². The fourth-order valence-corrected chi connectivity index (χ4v) is 4.19. The number of nitrogens with one attached hydrogen (secondary N) is 2. The zero-order valence-electron chi connectivity index (χ0n) is 16.4. The number of benzene rings is 2. The van der Waals surface area contributed by atoms with E-state index in [1.807, 2.05) is 12.1 Å². The van der Waals surface area contributed by atoms with Crippen LogP contribution in [-0.4, -0.2) is 49.9 Å². The fourth-order valence-electron chi connectivity index (χ4n) is 3.83. The number of likely N-dealkylation sites (N-methyl/N-ethyl adjacent to an activating group) is 2. The van der Waals surface area contributed by atoms with Gasteiger partial charge in [-0.15, -0.1) is 0 Å². The van der Waals surface area contributed by atoms with Crippen molar-refractivity contribution in [1.29, 1.82) is 0 Å². The molecule has 6 nitrogen and oxygen atoms in total. The molecular formula is C22H23BrN4O2. The summed E-state index contributed by atoms with van der Waals surface area (Å²) in [6, 6.07) is 14.0. The lowest BCUT2D eigenvalue weighted by molar-refractivity contribution is -0.114. The van der Waals surface area contributed by atoms with Crippen molar-refractivity contribution in [3.8, 4) is 0 Å². The maximum Gasteiger partial charge on any atom is 0.260 e. The number of carbonyl (C=O) groups excluding carboxylic acids is 2. The second-order valence-electron chi connectivity index (χ2n) is 7.54. The fraction of sp³-hybridized carbons (Fsp3) is 0.273. The van der Waals surface area contributed by atoms with Gasteiger partial charge in [-0.1, -0.05) is 15.9 Å². The Morgan fingerprint density at radius 3 is 2.59 bits per heavy atom. The summed E-state index contributed by atoms with van der Waals surface area (Å²) in [7, 11) is 4.28. The molecule has 0 bridgehead atoms. The van der Waals surface area contributed by atoms with Gasteiger partial charge in [0.1, 0.15) is 0 Å². The molecule has 2 aliphatic rings. The van der Waals surface area contributed by atoms with Gasteiger partial charge in [0.2, 0.25) is 0 Å². The second-order valence-corrected chi connectivity index (χ2v) is 8.45. The van der Waals surface area contributed by atoms with Crippen LogP contribution in [0, 0.1) is 0 Å². The van der Waals surface area contributed by atoms with Crippen LogP contribution in [0.5, 0.6) is 0 Å². The molecule has 2 aromatic carbocycles. The third kappa shape index (κ3) is 4.06. The molecule has 4 rings (SSSR count). The summed E-state index contributed by atoms with van der Waals surface area (Å²) in [5.41, 5.74) is 3.57. The van der Waals surface area contributed by atoms with Crippen molar-refractivity contribution in [3.63, 3.8) is 0 Å². The van der Waals surface area contributed by atoms with Gasteiger partial charge in [-0.2, -0.15) is 0 Å². The van der Waals surface area contributed by atoms with Gasteiger partial charge in [-0.3, -0.25) is 14.9 Å². The summed E-state index contributed by atoms with van der Waals surface area (Å²) < 4.78 is 0.814. The normalized spacial score (nSPS) is 20.5. The standard InChI is InChI=1S/C22H23BrN4O2/c1-26-10-9-17(13-26)27(2)16-6-4-15(5-7-16)24-12-20-19-11-14(23)3-8-18(19)21(28)25-22(20)29/h3-8,11-12,17,24H,9-10,13H2,1-2H3,(H,25,28,29). The maximum atomic E-state index is 12.4. The number of hydrogen-bond donors (Lipinski definition) is 2. The highest BCUT2D eigenvalue weighted by atomic mass is 79.9. The number of likely N-dealkylation sites (tertiary alicyclic amines) is 1. The van der Waals surface area contributed by atoms with Crippen LogP contribution < -0.4 is 15.5 Å². The molecule has 1 saturated heterocycles. The molecular weight excluding hydrogens is 432 g/mol. The Morgan fingerprint density at radius 2 is 1.90 bits per heavy atom. The van der Waals surface area contributed by atoms with Gasteiger partial charge in [0, 0.05) is 52.8 Å². The minimum atomic E-state index is -0.408. The molecule has 0 spiro atoms. The van der Waals surface area contributed by atoms with Gasteiger partial charge in [-0.25, -0.2) is 0 Å². The Balaban J connectivity index is 1.52. The van der Waals surface area contributed by atoms with E-state index in [0.29, 0.717) is 22.7 Å². The van der Waals surface area contributed by atoms with Crippen molar-refractivity contribution in [2.75, 3.05) is 37.4 Å². The highest BCUT2D eigenvalue weighted by Gasteiger charge is 2.27. The van der Waals surface area contributed by atoms with Gasteiger partial charge in [0.05, 0.1) is 5.57 Å². The average molecular weight is 455 g/mol.